The van der Waals surface area contributed by atoms with Gasteiger partial charge in [0.25, 0.3) is 11.1 Å². The molecule has 0 atom stereocenters. The van der Waals surface area contributed by atoms with Crippen molar-refractivity contribution < 1.29 is 27.0 Å². The fourth-order valence-electron chi connectivity index (χ4n) is 4.11. The largest absolute Gasteiger partial charge is 0.378 e. The normalized spacial score (nSPS) is 14.7. The first-order valence-electron chi connectivity index (χ1n) is 11.9. The molecule has 1 fully saturated rings. The lowest BCUT2D eigenvalue weighted by Crippen LogP contribution is -2.27. The highest BCUT2D eigenvalue weighted by Crippen LogP contribution is 2.38. The van der Waals surface area contributed by atoms with E-state index in [0.29, 0.717) is 16.6 Å². The monoisotopic (exact) mass is 684 g/mol. The molecule has 1 heterocycles. The van der Waals surface area contributed by atoms with Gasteiger partial charge in [-0.15, -0.1) is 0 Å². The average Bonchev–Trinajstić information content (AvgIpc) is 3.18. The minimum absolute atomic E-state index is 0.00840. The summed E-state index contributed by atoms with van der Waals surface area (Å²) in [6.45, 7) is 1.48. The Bertz CT molecular complexity index is 1790. The number of anilines is 1. The number of hydrogen-bond donors (Lipinski definition) is 1. The highest BCUT2D eigenvalue weighted by atomic mass is 127. The number of rotatable bonds is 7. The van der Waals surface area contributed by atoms with Crippen LogP contribution in [0.3, 0.4) is 0 Å². The van der Waals surface area contributed by atoms with Crippen LogP contribution in [0.2, 0.25) is 0 Å². The number of halogens is 1. The number of amides is 3. The first-order valence-corrected chi connectivity index (χ1v) is 15.2. The van der Waals surface area contributed by atoms with Crippen LogP contribution in [0.1, 0.15) is 18.1 Å². The van der Waals surface area contributed by atoms with Crippen molar-refractivity contribution in [3.63, 3.8) is 0 Å². The predicted molar refractivity (Wildman–Crippen MR) is 163 cm³/mol. The molecule has 1 aliphatic rings. The summed E-state index contributed by atoms with van der Waals surface area (Å²) in [5.74, 6) is -0.742. The van der Waals surface area contributed by atoms with Gasteiger partial charge < -0.3 is 9.50 Å². The van der Waals surface area contributed by atoms with Gasteiger partial charge in [-0.25, -0.2) is 0 Å². The zero-order chi connectivity index (χ0) is 28.4. The number of thioether (sulfide) groups is 1. The molecular weight excluding hydrogens is 663 g/mol. The lowest BCUT2D eigenvalue weighted by Gasteiger charge is -2.14. The van der Waals surface area contributed by atoms with Crippen LogP contribution in [0.5, 0.6) is 5.75 Å². The Hall–Kier alpha value is -3.68. The van der Waals surface area contributed by atoms with E-state index >= 15 is 0 Å². The predicted octanol–water partition coefficient (Wildman–Crippen LogP) is 6.41. The van der Waals surface area contributed by atoms with E-state index in [1.807, 2.05) is 36.4 Å². The van der Waals surface area contributed by atoms with E-state index in [0.717, 1.165) is 31.2 Å². The molecule has 0 spiro atoms. The quantitative estimate of drug-likeness (QED) is 0.136. The van der Waals surface area contributed by atoms with Gasteiger partial charge in [-0.2, -0.15) is 8.42 Å². The van der Waals surface area contributed by atoms with E-state index in [1.165, 1.54) is 43.3 Å². The molecule has 0 unspecified atom stereocenters. The molecule has 5 rings (SSSR count). The standard InChI is InChI=1S/C29H21IN2O6S2/c1-18(33)31-22-11-13-23(14-12-22)40(36,37)38-26-15-8-20-4-2-3-5-24(20)25(26)16-27-28(34)32(29(35)39-27)17-19-6-9-21(30)10-7-19/h2-16H,17H2,1H3,(H,31,33)/b27-16-. The number of imide groups is 1. The molecule has 0 aliphatic carbocycles. The van der Waals surface area contributed by atoms with Gasteiger partial charge >= 0.3 is 10.1 Å². The number of hydrogen-bond acceptors (Lipinski definition) is 7. The van der Waals surface area contributed by atoms with Crippen LogP contribution in [-0.4, -0.2) is 30.4 Å². The highest BCUT2D eigenvalue weighted by Gasteiger charge is 2.35. The van der Waals surface area contributed by atoms with E-state index in [1.54, 1.807) is 18.2 Å². The Morgan fingerprint density at radius 1 is 0.975 bits per heavy atom. The van der Waals surface area contributed by atoms with Crippen molar-refractivity contribution in [1.82, 2.24) is 4.90 Å². The van der Waals surface area contributed by atoms with Crippen LogP contribution in [-0.2, 0) is 26.3 Å². The summed E-state index contributed by atoms with van der Waals surface area (Å²) in [4.78, 5) is 38.6. The number of carbonyl (C=O) groups is 3. The number of fused-ring (bicyclic) bond motifs is 1. The molecule has 3 amide bonds. The van der Waals surface area contributed by atoms with Crippen LogP contribution in [0.4, 0.5) is 10.5 Å². The van der Waals surface area contributed by atoms with Gasteiger partial charge in [0.1, 0.15) is 4.90 Å². The second-order valence-electron chi connectivity index (χ2n) is 8.84. The molecule has 8 nitrogen and oxygen atoms in total. The number of benzene rings is 4. The molecule has 1 aliphatic heterocycles. The Morgan fingerprint density at radius 3 is 2.38 bits per heavy atom. The lowest BCUT2D eigenvalue weighted by atomic mass is 10.0. The minimum atomic E-state index is -4.27. The van der Waals surface area contributed by atoms with Gasteiger partial charge in [-0.1, -0.05) is 42.5 Å². The van der Waals surface area contributed by atoms with Crippen molar-refractivity contribution in [3.05, 3.63) is 105 Å². The van der Waals surface area contributed by atoms with Crippen molar-refractivity contribution in [1.29, 1.82) is 0 Å². The Labute approximate surface area is 248 Å². The Kier molecular flexibility index (Phi) is 7.97. The van der Waals surface area contributed by atoms with E-state index < -0.39 is 21.3 Å². The molecule has 0 saturated carbocycles. The second kappa shape index (κ2) is 11.4. The summed E-state index contributed by atoms with van der Waals surface area (Å²) >= 11 is 2.98. The molecule has 0 aromatic heterocycles. The SMILES string of the molecule is CC(=O)Nc1ccc(S(=O)(=O)Oc2ccc3ccccc3c2/C=C2\SC(=O)N(Cc3ccc(I)cc3)C2=O)cc1. The number of nitrogens with zero attached hydrogens (tertiary/aromatic N) is 1. The van der Waals surface area contributed by atoms with E-state index in [-0.39, 0.29) is 28.0 Å². The summed E-state index contributed by atoms with van der Waals surface area (Å²) in [7, 11) is -4.27. The summed E-state index contributed by atoms with van der Waals surface area (Å²) in [5, 5.41) is 3.63. The van der Waals surface area contributed by atoms with Crippen molar-refractivity contribution in [2.45, 2.75) is 18.4 Å². The van der Waals surface area contributed by atoms with Crippen LogP contribution in [0.25, 0.3) is 16.8 Å². The second-order valence-corrected chi connectivity index (χ2v) is 12.6. The van der Waals surface area contributed by atoms with Gasteiger partial charge in [0.2, 0.25) is 5.91 Å². The minimum Gasteiger partial charge on any atom is -0.378 e. The number of carbonyl (C=O) groups excluding carboxylic acids is 3. The summed E-state index contributed by atoms with van der Waals surface area (Å²) in [6, 6.07) is 23.6. The Morgan fingerprint density at radius 2 is 1.68 bits per heavy atom. The zero-order valence-electron chi connectivity index (χ0n) is 21.0. The maximum atomic E-state index is 13.3. The van der Waals surface area contributed by atoms with E-state index in [9.17, 15) is 22.8 Å². The van der Waals surface area contributed by atoms with E-state index in [2.05, 4.69) is 27.9 Å². The van der Waals surface area contributed by atoms with Crippen LogP contribution < -0.4 is 9.50 Å². The molecule has 40 heavy (non-hydrogen) atoms. The fourth-order valence-corrected chi connectivity index (χ4v) is 6.24. The molecule has 0 radical (unpaired) electrons. The third-order valence-corrected chi connectivity index (χ3v) is 8.87. The van der Waals surface area contributed by atoms with Crippen molar-refractivity contribution >= 4 is 84.1 Å². The third-order valence-electron chi connectivity index (χ3n) is 6.00. The average molecular weight is 685 g/mol. The first-order chi connectivity index (χ1) is 19.1. The summed E-state index contributed by atoms with van der Waals surface area (Å²) in [6.07, 6.45) is 1.51. The van der Waals surface area contributed by atoms with Crippen LogP contribution in [0, 0.1) is 3.57 Å². The van der Waals surface area contributed by atoms with Gasteiger partial charge in [0.15, 0.2) is 5.75 Å². The lowest BCUT2D eigenvalue weighted by molar-refractivity contribution is -0.123. The van der Waals surface area contributed by atoms with Gasteiger partial charge in [0, 0.05) is 21.7 Å². The van der Waals surface area contributed by atoms with Crippen molar-refractivity contribution in [2.75, 3.05) is 5.32 Å². The summed E-state index contributed by atoms with van der Waals surface area (Å²) < 4.78 is 33.0. The van der Waals surface area contributed by atoms with Crippen molar-refractivity contribution in [3.8, 4) is 5.75 Å². The van der Waals surface area contributed by atoms with Crippen LogP contribution in [0.15, 0.2) is 94.7 Å². The first kappa shape index (κ1) is 27.9. The number of nitrogens with one attached hydrogen (secondary N) is 1. The van der Waals surface area contributed by atoms with Crippen molar-refractivity contribution in [2.24, 2.45) is 0 Å². The maximum absolute atomic E-state index is 13.3. The Balaban J connectivity index is 1.49. The maximum Gasteiger partial charge on any atom is 0.339 e. The molecule has 4 aromatic carbocycles. The molecule has 11 heteroatoms. The summed E-state index contributed by atoms with van der Waals surface area (Å²) in [5.41, 5.74) is 1.61. The van der Waals surface area contributed by atoms with Gasteiger partial charge in [-0.3, -0.25) is 19.3 Å². The molecule has 1 saturated heterocycles. The zero-order valence-corrected chi connectivity index (χ0v) is 24.7. The smallest absolute Gasteiger partial charge is 0.339 e. The molecule has 1 N–H and O–H groups in total. The van der Waals surface area contributed by atoms with E-state index in [4.69, 9.17) is 4.18 Å². The highest BCUT2D eigenvalue weighted by molar-refractivity contribution is 14.1. The molecule has 4 aromatic rings. The van der Waals surface area contributed by atoms with Crippen LogP contribution >= 0.6 is 34.4 Å². The molecular formula is C29H21IN2O6S2. The third kappa shape index (κ3) is 6.06. The molecule has 202 valence electrons. The fraction of sp³-hybridized carbons (Fsp3) is 0.0690. The topological polar surface area (TPSA) is 110 Å². The molecule has 0 bridgehead atoms. The van der Waals surface area contributed by atoms with Gasteiger partial charge in [0.05, 0.1) is 11.4 Å². The van der Waals surface area contributed by atoms with Gasteiger partial charge in [-0.05, 0) is 99.2 Å².